The first-order valence-corrected chi connectivity index (χ1v) is 6.98. The van der Waals surface area contributed by atoms with Crippen molar-refractivity contribution >= 4 is 11.9 Å². The molecule has 1 fully saturated rings. The highest BCUT2D eigenvalue weighted by Crippen LogP contribution is 2.35. The average Bonchev–Trinajstić information content (AvgIpc) is 2.93. The van der Waals surface area contributed by atoms with Crippen LogP contribution >= 0.6 is 0 Å². The van der Waals surface area contributed by atoms with Gasteiger partial charge in [-0.15, -0.1) is 0 Å². The lowest BCUT2D eigenvalue weighted by molar-refractivity contribution is -0.148. The summed E-state index contributed by atoms with van der Waals surface area (Å²) in [5.41, 5.74) is 0.155. The van der Waals surface area contributed by atoms with E-state index in [0.29, 0.717) is 25.1 Å². The van der Waals surface area contributed by atoms with Crippen molar-refractivity contribution in [1.82, 2.24) is 14.7 Å². The zero-order chi connectivity index (χ0) is 14.9. The summed E-state index contributed by atoms with van der Waals surface area (Å²) < 4.78 is 1.52. The standard InChI is InChI=1S/C14H21N3O3/c1-4-6-14(13(19)20)7-5-8-17(14)12(18)11-9-10(2)15-16(11)3/h9H,4-8H2,1-3H3,(H,19,20). The van der Waals surface area contributed by atoms with E-state index in [1.54, 1.807) is 13.1 Å². The molecule has 6 heteroatoms. The summed E-state index contributed by atoms with van der Waals surface area (Å²) in [6.45, 7) is 4.26. The third-order valence-electron chi connectivity index (χ3n) is 4.02. The molecule has 0 spiro atoms. The van der Waals surface area contributed by atoms with Crippen LogP contribution < -0.4 is 0 Å². The highest BCUT2D eigenvalue weighted by atomic mass is 16.4. The Labute approximate surface area is 118 Å². The summed E-state index contributed by atoms with van der Waals surface area (Å²) in [4.78, 5) is 25.9. The number of nitrogens with zero attached hydrogens (tertiary/aromatic N) is 3. The van der Waals surface area contributed by atoms with Crippen LogP contribution in [-0.2, 0) is 11.8 Å². The zero-order valence-corrected chi connectivity index (χ0v) is 12.2. The highest BCUT2D eigenvalue weighted by molar-refractivity contribution is 5.97. The number of carboxylic acids is 1. The van der Waals surface area contributed by atoms with Gasteiger partial charge in [0.2, 0.25) is 0 Å². The number of carboxylic acid groups (broad SMARTS) is 1. The molecule has 1 N–H and O–H groups in total. The molecule has 0 bridgehead atoms. The monoisotopic (exact) mass is 279 g/mol. The number of rotatable bonds is 4. The number of carbonyl (C=O) groups excluding carboxylic acids is 1. The maximum absolute atomic E-state index is 12.7. The smallest absolute Gasteiger partial charge is 0.329 e. The predicted molar refractivity (Wildman–Crippen MR) is 73.5 cm³/mol. The van der Waals surface area contributed by atoms with Crippen molar-refractivity contribution in [1.29, 1.82) is 0 Å². The summed E-state index contributed by atoms with van der Waals surface area (Å²) in [7, 11) is 1.71. The Morgan fingerprint density at radius 3 is 2.70 bits per heavy atom. The first-order valence-electron chi connectivity index (χ1n) is 6.98. The average molecular weight is 279 g/mol. The lowest BCUT2D eigenvalue weighted by atomic mass is 9.90. The van der Waals surface area contributed by atoms with E-state index in [9.17, 15) is 14.7 Å². The Bertz CT molecular complexity index is 538. The third-order valence-corrected chi connectivity index (χ3v) is 4.02. The molecular weight excluding hydrogens is 258 g/mol. The van der Waals surface area contributed by atoms with Gasteiger partial charge in [-0.05, 0) is 32.3 Å². The van der Waals surface area contributed by atoms with E-state index in [1.807, 2.05) is 13.8 Å². The van der Waals surface area contributed by atoms with Crippen molar-refractivity contribution in [3.63, 3.8) is 0 Å². The molecule has 2 heterocycles. The zero-order valence-electron chi connectivity index (χ0n) is 12.2. The quantitative estimate of drug-likeness (QED) is 0.908. The van der Waals surface area contributed by atoms with E-state index in [1.165, 1.54) is 9.58 Å². The molecule has 0 saturated carbocycles. The van der Waals surface area contributed by atoms with Crippen LogP contribution in [0.15, 0.2) is 6.07 Å². The molecule has 0 aromatic carbocycles. The Morgan fingerprint density at radius 2 is 2.20 bits per heavy atom. The Kier molecular flexibility index (Phi) is 3.83. The van der Waals surface area contributed by atoms with Crippen LogP contribution in [0.4, 0.5) is 0 Å². The molecular formula is C14H21N3O3. The molecule has 1 unspecified atom stereocenters. The number of aliphatic carboxylic acids is 1. The molecule has 20 heavy (non-hydrogen) atoms. The van der Waals surface area contributed by atoms with Gasteiger partial charge in [-0.1, -0.05) is 13.3 Å². The molecule has 0 aliphatic carbocycles. The number of aryl methyl sites for hydroxylation is 2. The van der Waals surface area contributed by atoms with E-state index in [-0.39, 0.29) is 5.91 Å². The molecule has 1 saturated heterocycles. The Morgan fingerprint density at radius 1 is 1.50 bits per heavy atom. The minimum atomic E-state index is -1.05. The van der Waals surface area contributed by atoms with Crippen molar-refractivity contribution < 1.29 is 14.7 Å². The van der Waals surface area contributed by atoms with Crippen LogP contribution in [0.3, 0.4) is 0 Å². The fourth-order valence-corrected chi connectivity index (χ4v) is 3.13. The van der Waals surface area contributed by atoms with Gasteiger partial charge in [-0.25, -0.2) is 4.79 Å². The van der Waals surface area contributed by atoms with Gasteiger partial charge in [0.05, 0.1) is 5.69 Å². The molecule has 2 rings (SSSR count). The Hall–Kier alpha value is -1.85. The van der Waals surface area contributed by atoms with Crippen LogP contribution in [0.25, 0.3) is 0 Å². The van der Waals surface area contributed by atoms with Crippen LogP contribution in [-0.4, -0.2) is 43.7 Å². The minimum Gasteiger partial charge on any atom is -0.479 e. The maximum atomic E-state index is 12.7. The molecule has 110 valence electrons. The fraction of sp³-hybridized carbons (Fsp3) is 0.643. The molecule has 0 radical (unpaired) electrons. The predicted octanol–water partition coefficient (Wildman–Crippen LogP) is 1.59. The van der Waals surface area contributed by atoms with Crippen molar-refractivity contribution in [2.75, 3.05) is 6.54 Å². The lowest BCUT2D eigenvalue weighted by Crippen LogP contribution is -2.53. The molecule has 1 amide bonds. The molecule has 1 aliphatic rings. The van der Waals surface area contributed by atoms with Gasteiger partial charge in [0.15, 0.2) is 0 Å². The fourth-order valence-electron chi connectivity index (χ4n) is 3.13. The van der Waals surface area contributed by atoms with Crippen molar-refractivity contribution in [3.05, 3.63) is 17.5 Å². The molecule has 1 atom stereocenters. The summed E-state index contributed by atoms with van der Waals surface area (Å²) in [5.74, 6) is -1.13. The number of likely N-dealkylation sites (tertiary alicyclic amines) is 1. The van der Waals surface area contributed by atoms with Gasteiger partial charge in [-0.2, -0.15) is 5.10 Å². The number of carbonyl (C=O) groups is 2. The van der Waals surface area contributed by atoms with Gasteiger partial charge < -0.3 is 10.0 Å². The summed E-state index contributed by atoms with van der Waals surface area (Å²) in [5, 5.41) is 13.8. The lowest BCUT2D eigenvalue weighted by Gasteiger charge is -2.34. The maximum Gasteiger partial charge on any atom is 0.329 e. The van der Waals surface area contributed by atoms with Crippen molar-refractivity contribution in [2.45, 2.75) is 45.1 Å². The molecule has 1 aromatic rings. The van der Waals surface area contributed by atoms with E-state index < -0.39 is 11.5 Å². The first kappa shape index (κ1) is 14.6. The van der Waals surface area contributed by atoms with E-state index in [4.69, 9.17) is 0 Å². The second kappa shape index (κ2) is 5.26. The van der Waals surface area contributed by atoms with Crippen LogP contribution in [0.5, 0.6) is 0 Å². The van der Waals surface area contributed by atoms with Gasteiger partial charge >= 0.3 is 5.97 Å². The van der Waals surface area contributed by atoms with Crippen LogP contribution in [0, 0.1) is 6.92 Å². The summed E-state index contributed by atoms with van der Waals surface area (Å²) in [6.07, 6.45) is 2.49. The molecule has 1 aliphatic heterocycles. The van der Waals surface area contributed by atoms with Crippen LogP contribution in [0.1, 0.15) is 48.8 Å². The minimum absolute atomic E-state index is 0.235. The second-order valence-electron chi connectivity index (χ2n) is 5.44. The second-order valence-corrected chi connectivity index (χ2v) is 5.44. The Balaban J connectivity index is 2.37. The number of hydrogen-bond acceptors (Lipinski definition) is 3. The normalized spacial score (nSPS) is 22.2. The van der Waals surface area contributed by atoms with Crippen LogP contribution in [0.2, 0.25) is 0 Å². The van der Waals surface area contributed by atoms with Crippen molar-refractivity contribution in [2.24, 2.45) is 7.05 Å². The number of amides is 1. The van der Waals surface area contributed by atoms with E-state index in [2.05, 4.69) is 5.10 Å². The van der Waals surface area contributed by atoms with Gasteiger partial charge in [0.1, 0.15) is 11.2 Å². The molecule has 6 nitrogen and oxygen atoms in total. The van der Waals surface area contributed by atoms with Gasteiger partial charge in [-0.3, -0.25) is 9.48 Å². The molecule has 1 aromatic heterocycles. The SMILES string of the molecule is CCCC1(C(=O)O)CCCN1C(=O)c1cc(C)nn1C. The van der Waals surface area contributed by atoms with E-state index >= 15 is 0 Å². The number of hydrogen-bond donors (Lipinski definition) is 1. The number of aromatic nitrogens is 2. The van der Waals surface area contributed by atoms with Gasteiger partial charge in [0, 0.05) is 13.6 Å². The highest BCUT2D eigenvalue weighted by Gasteiger charge is 2.49. The largest absolute Gasteiger partial charge is 0.479 e. The third kappa shape index (κ3) is 2.19. The summed E-state index contributed by atoms with van der Waals surface area (Å²) >= 11 is 0. The topological polar surface area (TPSA) is 75.4 Å². The summed E-state index contributed by atoms with van der Waals surface area (Å²) in [6, 6.07) is 1.71. The van der Waals surface area contributed by atoms with Crippen molar-refractivity contribution in [3.8, 4) is 0 Å². The van der Waals surface area contributed by atoms with E-state index in [0.717, 1.165) is 18.5 Å². The van der Waals surface area contributed by atoms with Gasteiger partial charge in [0.25, 0.3) is 5.91 Å². The first-order chi connectivity index (χ1) is 9.42.